The first-order valence-electron chi connectivity index (χ1n) is 14.5. The average Bonchev–Trinajstić information content (AvgIpc) is 2.75. The van der Waals surface area contributed by atoms with Gasteiger partial charge in [-0.3, -0.25) is 9.35 Å². The molecule has 4 fully saturated rings. The molecule has 0 spiro atoms. The SMILES string of the molecule is CC1(C)CC[C@]2(C(=O)O)CC[C@]3(C)C(=CC[C@@H]4[C@@]5(C)C[C@@H](O)[C@H](OS(=O)(=O)O)C(C)(C)[C@@H]5CC[C@]43C)[C@@H]2C1. The third-order valence-corrected chi connectivity index (χ3v) is 13.6. The lowest BCUT2D eigenvalue weighted by Crippen LogP contribution is -2.67. The fraction of sp³-hybridized carbons (Fsp3) is 0.900. The molecule has 0 amide bonds. The lowest BCUT2D eigenvalue weighted by atomic mass is 9.33. The van der Waals surface area contributed by atoms with Crippen LogP contribution >= 0.6 is 0 Å². The van der Waals surface area contributed by atoms with Crippen molar-refractivity contribution in [3.63, 3.8) is 0 Å². The Morgan fingerprint density at radius 3 is 2.18 bits per heavy atom. The van der Waals surface area contributed by atoms with Gasteiger partial charge in [0.2, 0.25) is 0 Å². The Hall–Kier alpha value is -0.960. The molecule has 0 aromatic rings. The molecular formula is C30H48O7S. The van der Waals surface area contributed by atoms with Crippen molar-refractivity contribution in [3.8, 4) is 0 Å². The highest BCUT2D eigenvalue weighted by molar-refractivity contribution is 7.80. The Morgan fingerprint density at radius 2 is 1.58 bits per heavy atom. The molecular weight excluding hydrogens is 504 g/mol. The van der Waals surface area contributed by atoms with E-state index in [1.807, 2.05) is 13.8 Å². The van der Waals surface area contributed by atoms with Gasteiger partial charge in [-0.25, -0.2) is 4.18 Å². The number of aliphatic hydroxyl groups is 1. The average molecular weight is 553 g/mol. The van der Waals surface area contributed by atoms with Crippen molar-refractivity contribution in [3.05, 3.63) is 11.6 Å². The molecule has 5 aliphatic carbocycles. The Kier molecular flexibility index (Phi) is 6.23. The molecule has 4 saturated carbocycles. The minimum Gasteiger partial charge on any atom is -0.481 e. The van der Waals surface area contributed by atoms with Gasteiger partial charge in [-0.15, -0.1) is 0 Å². The first-order chi connectivity index (χ1) is 17.2. The fourth-order valence-corrected chi connectivity index (χ4v) is 11.7. The summed E-state index contributed by atoms with van der Waals surface area (Å²) < 4.78 is 37.9. The highest BCUT2D eigenvalue weighted by Gasteiger charge is 2.70. The summed E-state index contributed by atoms with van der Waals surface area (Å²) >= 11 is 0. The highest BCUT2D eigenvalue weighted by Crippen LogP contribution is 2.75. The number of allylic oxidation sites excluding steroid dienone is 2. The molecule has 0 heterocycles. The molecule has 0 aromatic carbocycles. The zero-order chi connectivity index (χ0) is 28.3. The molecule has 0 radical (unpaired) electrons. The van der Waals surface area contributed by atoms with Crippen LogP contribution in [-0.4, -0.2) is 41.4 Å². The number of carbonyl (C=O) groups is 1. The third-order valence-electron chi connectivity index (χ3n) is 13.2. The summed E-state index contributed by atoms with van der Waals surface area (Å²) in [4.78, 5) is 12.8. The number of carboxylic acids is 1. The maximum Gasteiger partial charge on any atom is 0.397 e. The predicted octanol–water partition coefficient (Wildman–Crippen LogP) is 6.03. The predicted molar refractivity (Wildman–Crippen MR) is 144 cm³/mol. The molecule has 7 nitrogen and oxygen atoms in total. The van der Waals surface area contributed by atoms with Gasteiger partial charge >= 0.3 is 16.4 Å². The first-order valence-corrected chi connectivity index (χ1v) is 15.9. The van der Waals surface area contributed by atoms with E-state index in [1.165, 1.54) is 5.57 Å². The summed E-state index contributed by atoms with van der Waals surface area (Å²) in [6.45, 7) is 15.6. The minimum atomic E-state index is -4.70. The molecule has 5 aliphatic rings. The van der Waals surface area contributed by atoms with E-state index in [-0.39, 0.29) is 39.4 Å². The van der Waals surface area contributed by atoms with Crippen molar-refractivity contribution in [1.82, 2.24) is 0 Å². The summed E-state index contributed by atoms with van der Waals surface area (Å²) in [5.41, 5.74) is -0.306. The van der Waals surface area contributed by atoms with Crippen LogP contribution in [0.1, 0.15) is 106 Å². The van der Waals surface area contributed by atoms with E-state index in [1.54, 1.807) is 0 Å². The standard InChI is InChI=1S/C30H48O7S/c1-25(2)12-14-30(24(32)33)15-13-28(6)18(19(30)16-25)8-9-22-27(5)17-20(31)23(37-38(34,35)36)26(3,4)21(27)10-11-29(22,28)7/h8,19-23,31H,9-17H2,1-7H3,(H,32,33)(H,34,35,36)/t19-,20+,21-,22+,23-,27-,28+,29+,30-/m0/s1. The van der Waals surface area contributed by atoms with Crippen LogP contribution in [0.25, 0.3) is 0 Å². The zero-order valence-electron chi connectivity index (χ0n) is 24.2. The second-order valence-electron chi connectivity index (χ2n) is 15.7. The van der Waals surface area contributed by atoms with Crippen LogP contribution in [-0.2, 0) is 19.4 Å². The van der Waals surface area contributed by atoms with Gasteiger partial charge < -0.3 is 10.2 Å². The van der Waals surface area contributed by atoms with Gasteiger partial charge in [-0.1, -0.05) is 60.1 Å². The Balaban J connectivity index is 1.57. The molecule has 0 aromatic heterocycles. The zero-order valence-corrected chi connectivity index (χ0v) is 25.0. The summed E-state index contributed by atoms with van der Waals surface area (Å²) in [7, 11) is -4.70. The summed E-state index contributed by atoms with van der Waals surface area (Å²) in [6.07, 6.45) is 7.61. The molecule has 3 N–H and O–H groups in total. The van der Waals surface area contributed by atoms with E-state index >= 15 is 0 Å². The van der Waals surface area contributed by atoms with E-state index in [0.29, 0.717) is 12.8 Å². The van der Waals surface area contributed by atoms with Crippen LogP contribution in [0.2, 0.25) is 0 Å². The van der Waals surface area contributed by atoms with Gasteiger partial charge in [-0.05, 0) is 103 Å². The number of fused-ring (bicyclic) bond motifs is 7. The topological polar surface area (TPSA) is 121 Å². The first kappa shape index (κ1) is 28.6. The van der Waals surface area contributed by atoms with Crippen molar-refractivity contribution in [1.29, 1.82) is 0 Å². The molecule has 0 unspecified atom stereocenters. The Morgan fingerprint density at radius 1 is 0.947 bits per heavy atom. The lowest BCUT2D eigenvalue weighted by molar-refractivity contribution is -0.227. The van der Waals surface area contributed by atoms with Gasteiger partial charge in [0.15, 0.2) is 0 Å². The Labute approximate surface area is 228 Å². The highest BCUT2D eigenvalue weighted by atomic mass is 32.3. The number of hydrogen-bond donors (Lipinski definition) is 3. The van der Waals surface area contributed by atoms with E-state index in [9.17, 15) is 28.0 Å². The van der Waals surface area contributed by atoms with Gasteiger partial charge in [0.05, 0.1) is 11.5 Å². The van der Waals surface area contributed by atoms with Crippen molar-refractivity contribution < 1.29 is 32.2 Å². The number of carboxylic acid groups (broad SMARTS) is 1. The second kappa shape index (κ2) is 8.29. The van der Waals surface area contributed by atoms with Gasteiger partial charge in [0.1, 0.15) is 6.10 Å². The number of hydrogen-bond acceptors (Lipinski definition) is 5. The third kappa shape index (κ3) is 3.75. The quantitative estimate of drug-likeness (QED) is 0.289. The monoisotopic (exact) mass is 552 g/mol. The Bertz CT molecular complexity index is 1160. The normalized spacial score (nSPS) is 49.5. The van der Waals surface area contributed by atoms with E-state index < -0.39 is 39.4 Å². The minimum absolute atomic E-state index is 0.0479. The van der Waals surface area contributed by atoms with Gasteiger partial charge in [0.25, 0.3) is 0 Å². The maximum absolute atomic E-state index is 12.8. The molecule has 38 heavy (non-hydrogen) atoms. The second-order valence-corrected chi connectivity index (χ2v) is 16.8. The molecule has 216 valence electrons. The van der Waals surface area contributed by atoms with Crippen molar-refractivity contribution in [2.75, 3.05) is 0 Å². The number of aliphatic hydroxyl groups excluding tert-OH is 1. The van der Waals surface area contributed by atoms with E-state index in [4.69, 9.17) is 4.18 Å². The molecule has 5 rings (SSSR count). The van der Waals surface area contributed by atoms with Gasteiger partial charge in [0, 0.05) is 0 Å². The summed E-state index contributed by atoms with van der Waals surface area (Å²) in [6, 6.07) is 0. The van der Waals surface area contributed by atoms with E-state index in [2.05, 4.69) is 40.7 Å². The number of rotatable bonds is 3. The van der Waals surface area contributed by atoms with Gasteiger partial charge in [-0.2, -0.15) is 8.42 Å². The molecule has 9 atom stereocenters. The van der Waals surface area contributed by atoms with Crippen LogP contribution in [0.5, 0.6) is 0 Å². The molecule has 0 aliphatic heterocycles. The van der Waals surface area contributed by atoms with Crippen molar-refractivity contribution in [2.24, 2.45) is 50.2 Å². The molecule has 0 bridgehead atoms. The lowest BCUT2D eigenvalue weighted by Gasteiger charge is -2.71. The van der Waals surface area contributed by atoms with Crippen LogP contribution in [0.15, 0.2) is 11.6 Å². The molecule has 8 heteroatoms. The van der Waals surface area contributed by atoms with Crippen molar-refractivity contribution >= 4 is 16.4 Å². The van der Waals surface area contributed by atoms with Crippen LogP contribution < -0.4 is 0 Å². The largest absolute Gasteiger partial charge is 0.481 e. The van der Waals surface area contributed by atoms with Crippen LogP contribution in [0, 0.1) is 50.2 Å². The fourth-order valence-electron chi connectivity index (χ4n) is 11.1. The summed E-state index contributed by atoms with van der Waals surface area (Å²) in [5.74, 6) is -0.216. The van der Waals surface area contributed by atoms with Crippen LogP contribution in [0.3, 0.4) is 0 Å². The van der Waals surface area contributed by atoms with Crippen LogP contribution in [0.4, 0.5) is 0 Å². The van der Waals surface area contributed by atoms with Crippen molar-refractivity contribution in [2.45, 2.75) is 118 Å². The van der Waals surface area contributed by atoms with E-state index in [0.717, 1.165) is 44.9 Å². The smallest absolute Gasteiger partial charge is 0.397 e. The molecule has 0 saturated heterocycles. The summed E-state index contributed by atoms with van der Waals surface area (Å²) in [5, 5.41) is 21.8. The number of aliphatic carboxylic acids is 1. The maximum atomic E-state index is 12.8.